The van der Waals surface area contributed by atoms with Crippen LogP contribution in [0.25, 0.3) is 0 Å². The van der Waals surface area contributed by atoms with Gasteiger partial charge in [0.15, 0.2) is 0 Å². The third kappa shape index (κ3) is 4.02. The van der Waals surface area contributed by atoms with Crippen molar-refractivity contribution >= 4 is 20.0 Å². The Morgan fingerprint density at radius 3 is 2.29 bits per heavy atom. The molecule has 0 aromatic heterocycles. The van der Waals surface area contributed by atoms with Gasteiger partial charge in [0.1, 0.15) is 5.75 Å². The first-order valence-electron chi connectivity index (χ1n) is 5.75. The van der Waals surface area contributed by atoms with Gasteiger partial charge in [0.2, 0.25) is 0 Å². The molecule has 1 fully saturated rings. The SMILES string of the molecule is Cl.O=P(O)(Oc1ccccc1)C1CCCCC1. The Morgan fingerprint density at radius 1 is 1.12 bits per heavy atom. The van der Waals surface area contributed by atoms with Crippen LogP contribution in [0, 0.1) is 0 Å². The van der Waals surface area contributed by atoms with E-state index in [1.807, 2.05) is 6.07 Å². The maximum atomic E-state index is 12.1. The lowest BCUT2D eigenvalue weighted by atomic mass is 10.0. The van der Waals surface area contributed by atoms with Crippen molar-refractivity contribution in [2.75, 3.05) is 0 Å². The Balaban J connectivity index is 0.00000144. The van der Waals surface area contributed by atoms with Crippen LogP contribution in [-0.2, 0) is 4.57 Å². The van der Waals surface area contributed by atoms with Crippen molar-refractivity contribution in [2.45, 2.75) is 37.8 Å². The van der Waals surface area contributed by atoms with E-state index in [1.54, 1.807) is 24.3 Å². The smallest absolute Gasteiger partial charge is 0.379 e. The van der Waals surface area contributed by atoms with E-state index in [0.29, 0.717) is 5.75 Å². The molecule has 0 radical (unpaired) electrons. The molecule has 1 aromatic carbocycles. The van der Waals surface area contributed by atoms with Crippen molar-refractivity contribution in [3.8, 4) is 5.75 Å². The maximum Gasteiger partial charge on any atom is 0.379 e. The molecule has 0 amide bonds. The Kier molecular flexibility index (Phi) is 5.51. The van der Waals surface area contributed by atoms with Crippen LogP contribution in [0.1, 0.15) is 32.1 Å². The van der Waals surface area contributed by atoms with Crippen LogP contribution in [-0.4, -0.2) is 10.6 Å². The van der Waals surface area contributed by atoms with E-state index in [1.165, 1.54) is 6.42 Å². The molecule has 96 valence electrons. The highest BCUT2D eigenvalue weighted by molar-refractivity contribution is 7.54. The van der Waals surface area contributed by atoms with Gasteiger partial charge in [0, 0.05) is 0 Å². The molecule has 0 aliphatic heterocycles. The quantitative estimate of drug-likeness (QED) is 0.849. The van der Waals surface area contributed by atoms with Crippen LogP contribution >= 0.6 is 20.0 Å². The molecule has 1 N–H and O–H groups in total. The molecule has 3 nitrogen and oxygen atoms in total. The number of para-hydroxylation sites is 1. The summed E-state index contributed by atoms with van der Waals surface area (Å²) in [7, 11) is -3.49. The minimum atomic E-state index is -3.49. The lowest BCUT2D eigenvalue weighted by Gasteiger charge is -2.25. The second-order valence-corrected chi connectivity index (χ2v) is 6.30. The second-order valence-electron chi connectivity index (χ2n) is 4.26. The van der Waals surface area contributed by atoms with E-state index in [2.05, 4.69) is 0 Å². The van der Waals surface area contributed by atoms with Gasteiger partial charge in [-0.25, -0.2) is 4.57 Å². The molecule has 1 saturated carbocycles. The number of benzene rings is 1. The van der Waals surface area contributed by atoms with Crippen LogP contribution < -0.4 is 4.52 Å². The second kappa shape index (κ2) is 6.44. The summed E-state index contributed by atoms with van der Waals surface area (Å²) in [6, 6.07) is 8.89. The molecule has 1 aliphatic carbocycles. The third-order valence-electron chi connectivity index (χ3n) is 3.02. The van der Waals surface area contributed by atoms with Crippen molar-refractivity contribution < 1.29 is 14.0 Å². The van der Waals surface area contributed by atoms with Crippen LogP contribution in [0.3, 0.4) is 0 Å². The first-order valence-corrected chi connectivity index (χ1v) is 7.40. The number of hydrogen-bond donors (Lipinski definition) is 1. The Bertz CT molecular complexity index is 377. The van der Waals surface area contributed by atoms with E-state index in [4.69, 9.17) is 4.52 Å². The van der Waals surface area contributed by atoms with E-state index in [0.717, 1.165) is 25.7 Å². The first-order chi connectivity index (χ1) is 7.68. The predicted octanol–water partition coefficient (Wildman–Crippen LogP) is 4.01. The van der Waals surface area contributed by atoms with Crippen molar-refractivity contribution in [3.63, 3.8) is 0 Å². The van der Waals surface area contributed by atoms with Crippen molar-refractivity contribution in [3.05, 3.63) is 30.3 Å². The fourth-order valence-corrected chi connectivity index (χ4v) is 3.70. The molecule has 0 saturated heterocycles. The highest BCUT2D eigenvalue weighted by Gasteiger charge is 2.34. The lowest BCUT2D eigenvalue weighted by Crippen LogP contribution is -2.15. The normalized spacial score (nSPS) is 20.1. The van der Waals surface area contributed by atoms with Crippen LogP contribution in [0.5, 0.6) is 5.75 Å². The topological polar surface area (TPSA) is 46.5 Å². The molecule has 17 heavy (non-hydrogen) atoms. The molecule has 0 spiro atoms. The highest BCUT2D eigenvalue weighted by atomic mass is 35.5. The molecule has 1 aliphatic rings. The average Bonchev–Trinajstić information content (AvgIpc) is 2.31. The van der Waals surface area contributed by atoms with Gasteiger partial charge in [0.25, 0.3) is 0 Å². The van der Waals surface area contributed by atoms with Gasteiger partial charge in [-0.05, 0) is 25.0 Å². The first kappa shape index (κ1) is 14.6. The molecule has 5 heteroatoms. The van der Waals surface area contributed by atoms with Crippen molar-refractivity contribution in [2.24, 2.45) is 0 Å². The van der Waals surface area contributed by atoms with Gasteiger partial charge in [-0.2, -0.15) is 0 Å². The molecule has 1 atom stereocenters. The van der Waals surface area contributed by atoms with Gasteiger partial charge >= 0.3 is 7.60 Å². The fourth-order valence-electron chi connectivity index (χ4n) is 2.11. The largest absolute Gasteiger partial charge is 0.424 e. The summed E-state index contributed by atoms with van der Waals surface area (Å²) in [6.45, 7) is 0. The molecule has 1 unspecified atom stereocenters. The maximum absolute atomic E-state index is 12.1. The van der Waals surface area contributed by atoms with Crippen LogP contribution in [0.2, 0.25) is 0 Å². The number of hydrogen-bond acceptors (Lipinski definition) is 2. The molecule has 1 aromatic rings. The summed E-state index contributed by atoms with van der Waals surface area (Å²) in [5.41, 5.74) is -0.179. The summed E-state index contributed by atoms with van der Waals surface area (Å²) in [5.74, 6) is 0.485. The standard InChI is InChI=1S/C12H17O3P.ClH/c13-16(14,12-9-5-2-6-10-12)15-11-7-3-1-4-8-11;/h1,3-4,7-8,12H,2,5-6,9-10H2,(H,13,14);1H. The Morgan fingerprint density at radius 2 is 1.71 bits per heavy atom. The van der Waals surface area contributed by atoms with E-state index in [9.17, 15) is 9.46 Å². The summed E-state index contributed by atoms with van der Waals surface area (Å²) in [4.78, 5) is 9.93. The van der Waals surface area contributed by atoms with E-state index >= 15 is 0 Å². The zero-order chi connectivity index (χ0) is 11.4. The minimum absolute atomic E-state index is 0. The van der Waals surface area contributed by atoms with E-state index in [-0.39, 0.29) is 18.1 Å². The third-order valence-corrected chi connectivity index (χ3v) is 4.93. The van der Waals surface area contributed by atoms with E-state index < -0.39 is 7.60 Å². The highest BCUT2D eigenvalue weighted by Crippen LogP contribution is 2.52. The zero-order valence-electron chi connectivity index (χ0n) is 9.62. The molecule has 0 bridgehead atoms. The Hall–Kier alpha value is -0.500. The molecule has 2 rings (SSSR count). The molecular formula is C12H18ClO3P. The molecular weight excluding hydrogens is 259 g/mol. The van der Waals surface area contributed by atoms with Crippen molar-refractivity contribution in [1.82, 2.24) is 0 Å². The number of rotatable bonds is 3. The Labute approximate surface area is 108 Å². The van der Waals surface area contributed by atoms with Crippen LogP contribution in [0.4, 0.5) is 0 Å². The summed E-state index contributed by atoms with van der Waals surface area (Å²) in [6.07, 6.45) is 4.85. The minimum Gasteiger partial charge on any atom is -0.424 e. The summed E-state index contributed by atoms with van der Waals surface area (Å²) in [5, 5.41) is 0. The van der Waals surface area contributed by atoms with Crippen molar-refractivity contribution in [1.29, 1.82) is 0 Å². The van der Waals surface area contributed by atoms with Crippen LogP contribution in [0.15, 0.2) is 30.3 Å². The molecule has 0 heterocycles. The zero-order valence-corrected chi connectivity index (χ0v) is 11.3. The van der Waals surface area contributed by atoms with Gasteiger partial charge in [-0.1, -0.05) is 37.5 Å². The monoisotopic (exact) mass is 276 g/mol. The average molecular weight is 277 g/mol. The number of halogens is 1. The lowest BCUT2D eigenvalue weighted by molar-refractivity contribution is 0.343. The summed E-state index contributed by atoms with van der Waals surface area (Å²) >= 11 is 0. The van der Waals surface area contributed by atoms with Gasteiger partial charge in [0.05, 0.1) is 5.66 Å². The van der Waals surface area contributed by atoms with Gasteiger partial charge in [-0.15, -0.1) is 12.4 Å². The predicted molar refractivity (Wildman–Crippen MR) is 71.0 cm³/mol. The fraction of sp³-hybridized carbons (Fsp3) is 0.500. The van der Waals surface area contributed by atoms with Gasteiger partial charge < -0.3 is 9.42 Å². The summed E-state index contributed by atoms with van der Waals surface area (Å²) < 4.78 is 17.3. The van der Waals surface area contributed by atoms with Gasteiger partial charge in [-0.3, -0.25) is 0 Å².